The van der Waals surface area contributed by atoms with Gasteiger partial charge in [0.05, 0.1) is 5.69 Å². The van der Waals surface area contributed by atoms with E-state index in [0.29, 0.717) is 0 Å². The van der Waals surface area contributed by atoms with Gasteiger partial charge in [-0.1, -0.05) is 37.3 Å². The molecule has 0 spiro atoms. The van der Waals surface area contributed by atoms with Crippen molar-refractivity contribution in [3.05, 3.63) is 60.4 Å². The van der Waals surface area contributed by atoms with Crippen LogP contribution in [0.5, 0.6) is 0 Å². The number of fused-ring (bicyclic) bond motifs is 1. The van der Waals surface area contributed by atoms with E-state index >= 15 is 0 Å². The Morgan fingerprint density at radius 1 is 1.16 bits per heavy atom. The minimum Gasteiger partial charge on any atom is -0.313 e. The Bertz CT molecular complexity index is 671. The average molecular weight is 251 g/mol. The summed E-state index contributed by atoms with van der Waals surface area (Å²) in [5.41, 5.74) is 4.43. The molecule has 3 heteroatoms. The molecule has 0 unspecified atom stereocenters. The number of nitrogens with one attached hydrogen (secondary N) is 1. The number of nitrogens with zero attached hydrogens (tertiary/aromatic N) is 2. The van der Waals surface area contributed by atoms with Crippen molar-refractivity contribution >= 4 is 5.65 Å². The lowest BCUT2D eigenvalue weighted by Crippen LogP contribution is -2.11. The number of hydrogen-bond acceptors (Lipinski definition) is 2. The molecule has 0 aliphatic heterocycles. The molecule has 0 aliphatic rings. The quantitative estimate of drug-likeness (QED) is 0.772. The van der Waals surface area contributed by atoms with Crippen molar-refractivity contribution in [1.29, 1.82) is 0 Å². The molecule has 1 aromatic carbocycles. The molecule has 0 fully saturated rings. The standard InChI is InChI=1S/C16H17N3/c1-2-17-11-13-8-9-19-12-15(18-16(19)10-13)14-6-4-3-5-7-14/h3-10,12,17H,2,11H2,1H3. The maximum absolute atomic E-state index is 4.69. The lowest BCUT2D eigenvalue weighted by atomic mass is 10.2. The minimum atomic E-state index is 0.889. The third-order valence-corrected chi connectivity index (χ3v) is 3.17. The third kappa shape index (κ3) is 2.51. The third-order valence-electron chi connectivity index (χ3n) is 3.17. The number of rotatable bonds is 4. The van der Waals surface area contributed by atoms with E-state index in [1.54, 1.807) is 0 Å². The van der Waals surface area contributed by atoms with Crippen LogP contribution in [-0.4, -0.2) is 15.9 Å². The number of pyridine rings is 1. The average Bonchev–Trinajstić information content (AvgIpc) is 2.89. The van der Waals surface area contributed by atoms with Gasteiger partial charge in [0.25, 0.3) is 0 Å². The van der Waals surface area contributed by atoms with Crippen LogP contribution in [0.2, 0.25) is 0 Å². The van der Waals surface area contributed by atoms with Crippen molar-refractivity contribution in [2.24, 2.45) is 0 Å². The molecule has 3 aromatic rings. The summed E-state index contributed by atoms with van der Waals surface area (Å²) < 4.78 is 2.07. The molecular weight excluding hydrogens is 234 g/mol. The van der Waals surface area contributed by atoms with Gasteiger partial charge in [-0.3, -0.25) is 0 Å². The Labute approximate surface area is 112 Å². The first-order chi connectivity index (χ1) is 9.36. The van der Waals surface area contributed by atoms with Crippen LogP contribution in [0, 0.1) is 0 Å². The van der Waals surface area contributed by atoms with E-state index in [0.717, 1.165) is 30.0 Å². The molecule has 96 valence electrons. The van der Waals surface area contributed by atoms with Crippen molar-refractivity contribution in [3.63, 3.8) is 0 Å². The van der Waals surface area contributed by atoms with Crippen LogP contribution in [0.25, 0.3) is 16.9 Å². The van der Waals surface area contributed by atoms with E-state index in [9.17, 15) is 0 Å². The first-order valence-electron chi connectivity index (χ1n) is 6.60. The molecule has 19 heavy (non-hydrogen) atoms. The summed E-state index contributed by atoms with van der Waals surface area (Å²) in [6.45, 7) is 3.98. The second kappa shape index (κ2) is 5.24. The fourth-order valence-electron chi connectivity index (χ4n) is 2.15. The zero-order valence-electron chi connectivity index (χ0n) is 11.0. The van der Waals surface area contributed by atoms with Gasteiger partial charge < -0.3 is 9.72 Å². The number of benzene rings is 1. The molecule has 0 amide bonds. The van der Waals surface area contributed by atoms with Gasteiger partial charge in [0.1, 0.15) is 5.65 Å². The molecule has 0 saturated heterocycles. The van der Waals surface area contributed by atoms with E-state index in [4.69, 9.17) is 0 Å². The highest BCUT2D eigenvalue weighted by molar-refractivity contribution is 5.62. The van der Waals surface area contributed by atoms with Crippen molar-refractivity contribution in [2.45, 2.75) is 13.5 Å². The first kappa shape index (κ1) is 11.9. The molecule has 3 rings (SSSR count). The monoisotopic (exact) mass is 251 g/mol. The summed E-state index contributed by atoms with van der Waals surface area (Å²) >= 11 is 0. The molecule has 1 N–H and O–H groups in total. The molecule has 0 saturated carbocycles. The van der Waals surface area contributed by atoms with Crippen LogP contribution in [-0.2, 0) is 6.54 Å². The Kier molecular flexibility index (Phi) is 3.29. The molecule has 0 atom stereocenters. The van der Waals surface area contributed by atoms with Gasteiger partial charge in [0.2, 0.25) is 0 Å². The van der Waals surface area contributed by atoms with Crippen molar-refractivity contribution in [2.75, 3.05) is 6.54 Å². The summed E-state index contributed by atoms with van der Waals surface area (Å²) in [6, 6.07) is 14.5. The maximum atomic E-state index is 4.69. The topological polar surface area (TPSA) is 29.3 Å². The van der Waals surface area contributed by atoms with Crippen molar-refractivity contribution in [1.82, 2.24) is 14.7 Å². The number of aromatic nitrogens is 2. The molecule has 0 aliphatic carbocycles. The van der Waals surface area contributed by atoms with E-state index < -0.39 is 0 Å². The summed E-state index contributed by atoms with van der Waals surface area (Å²) in [6.07, 6.45) is 4.14. The SMILES string of the molecule is CCNCc1ccn2cc(-c3ccccc3)nc2c1. The second-order valence-electron chi connectivity index (χ2n) is 4.57. The summed E-state index contributed by atoms with van der Waals surface area (Å²) in [4.78, 5) is 4.69. The van der Waals surface area contributed by atoms with E-state index in [-0.39, 0.29) is 0 Å². The largest absolute Gasteiger partial charge is 0.313 e. The lowest BCUT2D eigenvalue weighted by Gasteiger charge is -2.01. The molecule has 2 aromatic heterocycles. The Balaban J connectivity index is 1.97. The van der Waals surface area contributed by atoms with Gasteiger partial charge in [-0.15, -0.1) is 0 Å². The zero-order chi connectivity index (χ0) is 13.1. The van der Waals surface area contributed by atoms with Gasteiger partial charge in [-0.25, -0.2) is 4.98 Å². The van der Waals surface area contributed by atoms with Crippen LogP contribution in [0.1, 0.15) is 12.5 Å². The van der Waals surface area contributed by atoms with Crippen molar-refractivity contribution in [3.8, 4) is 11.3 Å². The van der Waals surface area contributed by atoms with Gasteiger partial charge >= 0.3 is 0 Å². The predicted molar refractivity (Wildman–Crippen MR) is 78.0 cm³/mol. The zero-order valence-corrected chi connectivity index (χ0v) is 11.0. The van der Waals surface area contributed by atoms with Gasteiger partial charge in [0.15, 0.2) is 0 Å². The molecule has 0 radical (unpaired) electrons. The minimum absolute atomic E-state index is 0.889. The van der Waals surface area contributed by atoms with Crippen LogP contribution in [0.15, 0.2) is 54.9 Å². The van der Waals surface area contributed by atoms with Gasteiger partial charge in [-0.05, 0) is 24.2 Å². The predicted octanol–water partition coefficient (Wildman–Crippen LogP) is 3.11. The summed E-state index contributed by atoms with van der Waals surface area (Å²) in [5, 5.41) is 3.33. The molecule has 0 bridgehead atoms. The van der Waals surface area contributed by atoms with Crippen LogP contribution in [0.3, 0.4) is 0 Å². The van der Waals surface area contributed by atoms with E-state index in [2.05, 4.69) is 58.3 Å². The highest BCUT2D eigenvalue weighted by Crippen LogP contribution is 2.19. The highest BCUT2D eigenvalue weighted by atomic mass is 15.0. The number of hydrogen-bond donors (Lipinski definition) is 1. The fraction of sp³-hybridized carbons (Fsp3) is 0.188. The van der Waals surface area contributed by atoms with Gasteiger partial charge in [-0.2, -0.15) is 0 Å². The van der Waals surface area contributed by atoms with Crippen LogP contribution >= 0.6 is 0 Å². The summed E-state index contributed by atoms with van der Waals surface area (Å²) in [7, 11) is 0. The Morgan fingerprint density at radius 2 is 2.00 bits per heavy atom. The highest BCUT2D eigenvalue weighted by Gasteiger charge is 2.04. The van der Waals surface area contributed by atoms with Crippen LogP contribution in [0.4, 0.5) is 0 Å². The number of imidazole rings is 1. The van der Waals surface area contributed by atoms with Crippen LogP contribution < -0.4 is 5.32 Å². The van der Waals surface area contributed by atoms with E-state index in [1.807, 2.05) is 18.2 Å². The fourth-order valence-corrected chi connectivity index (χ4v) is 2.15. The van der Waals surface area contributed by atoms with Crippen molar-refractivity contribution < 1.29 is 0 Å². The Morgan fingerprint density at radius 3 is 2.79 bits per heavy atom. The molecule has 3 nitrogen and oxygen atoms in total. The summed E-state index contributed by atoms with van der Waals surface area (Å²) in [5.74, 6) is 0. The lowest BCUT2D eigenvalue weighted by molar-refractivity contribution is 0.726. The smallest absolute Gasteiger partial charge is 0.137 e. The van der Waals surface area contributed by atoms with E-state index in [1.165, 1.54) is 5.56 Å². The molecular formula is C16H17N3. The second-order valence-corrected chi connectivity index (χ2v) is 4.57. The van der Waals surface area contributed by atoms with Gasteiger partial charge in [0, 0.05) is 24.5 Å². The Hall–Kier alpha value is -2.13. The molecule has 2 heterocycles. The maximum Gasteiger partial charge on any atom is 0.137 e. The normalized spacial score (nSPS) is 11.0. The first-order valence-corrected chi connectivity index (χ1v) is 6.60.